The number of nitrogens with zero attached hydrogens (tertiary/aromatic N) is 1. The van der Waals surface area contributed by atoms with Crippen molar-refractivity contribution in [1.82, 2.24) is 20.9 Å². The van der Waals surface area contributed by atoms with Crippen molar-refractivity contribution in [2.75, 3.05) is 20.2 Å². The van der Waals surface area contributed by atoms with Gasteiger partial charge in [0.15, 0.2) is 0 Å². The Morgan fingerprint density at radius 3 is 2.14 bits per heavy atom. The number of hydrogen-bond acceptors (Lipinski definition) is 5. The molecule has 2 rings (SSSR count). The minimum atomic E-state index is -0.904. The van der Waals surface area contributed by atoms with E-state index >= 15 is 0 Å². The van der Waals surface area contributed by atoms with Gasteiger partial charge in [0.2, 0.25) is 17.7 Å². The Kier molecular flexibility index (Phi) is 9.59. The molecule has 9 heteroatoms. The lowest BCUT2D eigenvalue weighted by atomic mass is 9.83. The molecule has 3 N–H and O–H groups in total. The lowest BCUT2D eigenvalue weighted by molar-refractivity contribution is -0.145. The van der Waals surface area contributed by atoms with Crippen LogP contribution in [0.15, 0.2) is 0 Å². The van der Waals surface area contributed by atoms with E-state index in [1.807, 2.05) is 41.5 Å². The first-order valence-electron chi connectivity index (χ1n) is 12.9. The molecule has 2 fully saturated rings. The van der Waals surface area contributed by atoms with E-state index in [-0.39, 0.29) is 17.7 Å². The van der Waals surface area contributed by atoms with E-state index in [1.165, 1.54) is 7.11 Å². The van der Waals surface area contributed by atoms with Crippen LogP contribution >= 0.6 is 0 Å². The molecule has 200 valence electrons. The molecule has 5 atom stereocenters. The highest BCUT2D eigenvalue weighted by molar-refractivity contribution is 5.95. The van der Waals surface area contributed by atoms with Crippen molar-refractivity contribution in [2.24, 2.45) is 22.7 Å². The molecule has 0 unspecified atom stereocenters. The maximum absolute atomic E-state index is 14.0. The summed E-state index contributed by atoms with van der Waals surface area (Å²) in [6.45, 7) is 14.4. The molecule has 1 aliphatic heterocycles. The van der Waals surface area contributed by atoms with E-state index in [2.05, 4.69) is 22.9 Å². The molecule has 1 heterocycles. The summed E-state index contributed by atoms with van der Waals surface area (Å²) in [7, 11) is 1.24. The van der Waals surface area contributed by atoms with Crippen LogP contribution < -0.4 is 16.0 Å². The largest absolute Gasteiger partial charge is 0.453 e. The second-order valence-electron chi connectivity index (χ2n) is 12.2. The smallest absolute Gasteiger partial charge is 0.407 e. The van der Waals surface area contributed by atoms with Crippen LogP contribution in [-0.2, 0) is 19.1 Å². The third-order valence-electron chi connectivity index (χ3n) is 7.25. The molecule has 1 saturated carbocycles. The van der Waals surface area contributed by atoms with Crippen molar-refractivity contribution in [3.63, 3.8) is 0 Å². The first kappa shape index (κ1) is 28.9. The fourth-order valence-corrected chi connectivity index (χ4v) is 5.25. The summed E-state index contributed by atoms with van der Waals surface area (Å²) in [6, 6.07) is -2.28. The number of fused-ring (bicyclic) bond motifs is 1. The van der Waals surface area contributed by atoms with Gasteiger partial charge in [-0.1, -0.05) is 61.3 Å². The average Bonchev–Trinajstić information content (AvgIpc) is 3.34. The molecule has 0 spiro atoms. The number of alkyl carbamates (subject to hydrolysis) is 1. The molecular weight excluding hydrogens is 448 g/mol. The third kappa shape index (κ3) is 7.10. The quantitative estimate of drug-likeness (QED) is 0.449. The maximum atomic E-state index is 14.0. The summed E-state index contributed by atoms with van der Waals surface area (Å²) in [5.41, 5.74) is -1.22. The number of likely N-dealkylation sites (tertiary alicyclic amines) is 1. The Morgan fingerprint density at radius 2 is 1.60 bits per heavy atom. The molecule has 0 radical (unpaired) electrons. The zero-order valence-corrected chi connectivity index (χ0v) is 22.8. The number of carbonyl (C=O) groups excluding carboxylic acids is 4. The van der Waals surface area contributed by atoms with Gasteiger partial charge in [-0.05, 0) is 41.9 Å². The lowest BCUT2D eigenvalue weighted by Gasteiger charge is -2.38. The first-order valence-corrected chi connectivity index (χ1v) is 12.9. The highest BCUT2D eigenvalue weighted by Crippen LogP contribution is 2.43. The fraction of sp³-hybridized carbons (Fsp3) is 0.846. The average molecular weight is 495 g/mol. The van der Waals surface area contributed by atoms with Crippen LogP contribution in [0.3, 0.4) is 0 Å². The molecule has 0 bridgehead atoms. The maximum Gasteiger partial charge on any atom is 0.407 e. The highest BCUT2D eigenvalue weighted by Gasteiger charge is 2.52. The molecule has 0 aromatic heterocycles. The van der Waals surface area contributed by atoms with Gasteiger partial charge in [-0.15, -0.1) is 0 Å². The van der Waals surface area contributed by atoms with Gasteiger partial charge in [-0.3, -0.25) is 14.4 Å². The minimum Gasteiger partial charge on any atom is -0.453 e. The van der Waals surface area contributed by atoms with Gasteiger partial charge in [0.25, 0.3) is 0 Å². The Labute approximate surface area is 210 Å². The number of ether oxygens (including phenoxy) is 1. The summed E-state index contributed by atoms with van der Waals surface area (Å²) in [4.78, 5) is 54.2. The number of rotatable bonds is 8. The Balaban J connectivity index is 2.29. The number of nitrogens with one attached hydrogen (secondary N) is 3. The second-order valence-corrected chi connectivity index (χ2v) is 12.2. The number of amides is 4. The molecule has 1 aliphatic carbocycles. The van der Waals surface area contributed by atoms with Gasteiger partial charge in [-0.25, -0.2) is 4.79 Å². The predicted molar refractivity (Wildman–Crippen MR) is 134 cm³/mol. The summed E-state index contributed by atoms with van der Waals surface area (Å²) in [5, 5.41) is 8.54. The van der Waals surface area contributed by atoms with Crippen molar-refractivity contribution >= 4 is 23.8 Å². The summed E-state index contributed by atoms with van der Waals surface area (Å²) < 4.78 is 4.70. The van der Waals surface area contributed by atoms with Crippen molar-refractivity contribution in [2.45, 2.75) is 98.7 Å². The van der Waals surface area contributed by atoms with Gasteiger partial charge < -0.3 is 25.6 Å². The van der Waals surface area contributed by atoms with E-state index in [1.54, 1.807) is 4.90 Å². The molecule has 1 saturated heterocycles. The van der Waals surface area contributed by atoms with E-state index in [0.717, 1.165) is 32.1 Å². The predicted octanol–water partition coefficient (Wildman–Crippen LogP) is 2.83. The van der Waals surface area contributed by atoms with E-state index in [9.17, 15) is 19.2 Å². The summed E-state index contributed by atoms with van der Waals surface area (Å²) >= 11 is 0. The molecule has 0 aromatic rings. The first-order chi connectivity index (χ1) is 16.2. The lowest BCUT2D eigenvalue weighted by Crippen LogP contribution is -2.62. The van der Waals surface area contributed by atoms with E-state index in [4.69, 9.17) is 4.74 Å². The third-order valence-corrected chi connectivity index (χ3v) is 7.25. The van der Waals surface area contributed by atoms with Crippen molar-refractivity contribution < 1.29 is 23.9 Å². The topological polar surface area (TPSA) is 117 Å². The van der Waals surface area contributed by atoms with Crippen LogP contribution in [0, 0.1) is 22.7 Å². The van der Waals surface area contributed by atoms with Gasteiger partial charge in [0.05, 0.1) is 7.11 Å². The number of methoxy groups -OCH3 is 1. The number of unbranched alkanes of at least 4 members (excludes halogenated alkanes) is 1. The van der Waals surface area contributed by atoms with Crippen LogP contribution in [-0.4, -0.2) is 67.0 Å². The zero-order valence-electron chi connectivity index (χ0n) is 22.8. The summed E-state index contributed by atoms with van der Waals surface area (Å²) in [6.07, 6.45) is 4.17. The fourth-order valence-electron chi connectivity index (χ4n) is 5.25. The molecule has 2 aliphatic rings. The zero-order chi connectivity index (χ0) is 26.6. The summed E-state index contributed by atoms with van der Waals surface area (Å²) in [5.74, 6) is -0.345. The Morgan fingerprint density at radius 1 is 0.971 bits per heavy atom. The van der Waals surface area contributed by atoms with E-state index < -0.39 is 41.0 Å². The van der Waals surface area contributed by atoms with Gasteiger partial charge in [-0.2, -0.15) is 0 Å². The minimum absolute atomic E-state index is 0.0971. The molecule has 35 heavy (non-hydrogen) atoms. The van der Waals surface area contributed by atoms with Crippen LogP contribution in [0.5, 0.6) is 0 Å². The second kappa shape index (κ2) is 11.6. The number of hydrogen-bond donors (Lipinski definition) is 3. The molecule has 9 nitrogen and oxygen atoms in total. The Hall–Kier alpha value is -2.32. The van der Waals surface area contributed by atoms with Gasteiger partial charge in [0, 0.05) is 13.1 Å². The highest BCUT2D eigenvalue weighted by atomic mass is 16.5. The van der Waals surface area contributed by atoms with Crippen molar-refractivity contribution in [3.05, 3.63) is 0 Å². The van der Waals surface area contributed by atoms with Crippen molar-refractivity contribution in [3.8, 4) is 0 Å². The normalized spacial score (nSPS) is 23.8. The number of carbonyl (C=O) groups is 4. The van der Waals surface area contributed by atoms with Crippen LogP contribution in [0.2, 0.25) is 0 Å². The van der Waals surface area contributed by atoms with Gasteiger partial charge >= 0.3 is 6.09 Å². The standard InChI is InChI=1S/C26H46N4O5/c1-9-10-14-27-21(31)18-17-13-11-12-16(17)15-30(18)23(33)20(26(5,6)7)28-22(32)19(25(2,3)4)29-24(34)35-8/h16-20H,9-15H2,1-8H3,(H,27,31)(H,28,32)(H,29,34)/t16-,17-,18-,19+,20+/m0/s1. The van der Waals surface area contributed by atoms with Crippen LogP contribution in [0.25, 0.3) is 0 Å². The van der Waals surface area contributed by atoms with Crippen LogP contribution in [0.4, 0.5) is 4.79 Å². The van der Waals surface area contributed by atoms with Crippen LogP contribution in [0.1, 0.15) is 80.6 Å². The van der Waals surface area contributed by atoms with Gasteiger partial charge in [0.1, 0.15) is 18.1 Å². The monoisotopic (exact) mass is 494 g/mol. The molecule has 4 amide bonds. The van der Waals surface area contributed by atoms with Crippen molar-refractivity contribution in [1.29, 1.82) is 0 Å². The molecular formula is C26H46N4O5. The Bertz CT molecular complexity index is 786. The molecule has 0 aromatic carbocycles. The SMILES string of the molecule is CCCCNC(=O)[C@@H]1[C@H]2CCC[C@H]2CN1C(=O)[C@@H](NC(=O)[C@@H](NC(=O)OC)C(C)(C)C)C(C)(C)C. The van der Waals surface area contributed by atoms with E-state index in [0.29, 0.717) is 19.0 Å².